The van der Waals surface area contributed by atoms with Crippen molar-refractivity contribution in [3.63, 3.8) is 0 Å². The largest absolute Gasteiger partial charge is 0.353 e. The van der Waals surface area contributed by atoms with Crippen LogP contribution >= 0.6 is 11.3 Å². The minimum absolute atomic E-state index is 0.372. The number of piperazine rings is 1. The Labute approximate surface area is 163 Å². The number of benzene rings is 1. The summed E-state index contributed by atoms with van der Waals surface area (Å²) in [6.45, 7) is 8.11. The second-order valence-corrected chi connectivity index (χ2v) is 10.1. The van der Waals surface area contributed by atoms with Gasteiger partial charge in [-0.3, -0.25) is 0 Å². The fourth-order valence-electron chi connectivity index (χ4n) is 3.38. The number of aromatic nitrogens is 2. The Balaban J connectivity index is 1.55. The molecule has 0 radical (unpaired) electrons. The van der Waals surface area contributed by atoms with Gasteiger partial charge in [0.1, 0.15) is 17.0 Å². The molecule has 8 heteroatoms. The van der Waals surface area contributed by atoms with Crippen molar-refractivity contribution in [1.29, 1.82) is 0 Å². The van der Waals surface area contributed by atoms with Crippen molar-refractivity contribution in [1.82, 2.24) is 14.3 Å². The highest BCUT2D eigenvalue weighted by molar-refractivity contribution is 7.89. The summed E-state index contributed by atoms with van der Waals surface area (Å²) in [4.78, 5) is 13.5. The van der Waals surface area contributed by atoms with E-state index in [0.717, 1.165) is 27.2 Å². The van der Waals surface area contributed by atoms with Crippen LogP contribution in [-0.4, -0.2) is 48.9 Å². The normalized spacial score (nSPS) is 16.2. The second-order valence-electron chi connectivity index (χ2n) is 6.91. The van der Waals surface area contributed by atoms with Crippen LogP contribution in [0.1, 0.15) is 16.0 Å². The van der Waals surface area contributed by atoms with Gasteiger partial charge in [0, 0.05) is 31.1 Å². The molecule has 0 saturated carbocycles. The number of hydrogen-bond donors (Lipinski definition) is 0. The standard InChI is InChI=1S/C19H22N4O2S2/c1-13-4-5-16(10-14(13)2)27(24,25)23-8-6-22(7-9-23)18-17-11-15(3)26-19(17)21-12-20-18/h4-5,10-12H,6-9H2,1-3H3. The Morgan fingerprint density at radius 1 is 0.963 bits per heavy atom. The monoisotopic (exact) mass is 402 g/mol. The summed E-state index contributed by atoms with van der Waals surface area (Å²) in [7, 11) is -3.47. The summed E-state index contributed by atoms with van der Waals surface area (Å²) in [5.74, 6) is 0.896. The highest BCUT2D eigenvalue weighted by Crippen LogP contribution is 2.30. The first-order chi connectivity index (χ1) is 12.9. The first-order valence-electron chi connectivity index (χ1n) is 8.90. The number of aryl methyl sites for hydroxylation is 3. The Kier molecular flexibility index (Phi) is 4.65. The van der Waals surface area contributed by atoms with Crippen LogP contribution in [0.2, 0.25) is 0 Å². The van der Waals surface area contributed by atoms with Gasteiger partial charge in [-0.15, -0.1) is 11.3 Å². The number of hydrogen-bond acceptors (Lipinski definition) is 6. The number of anilines is 1. The maximum atomic E-state index is 13.0. The lowest BCUT2D eigenvalue weighted by atomic mass is 10.1. The second kappa shape index (κ2) is 6.85. The molecule has 0 amide bonds. The summed E-state index contributed by atoms with van der Waals surface area (Å²) >= 11 is 1.65. The van der Waals surface area contributed by atoms with Crippen molar-refractivity contribution in [3.8, 4) is 0 Å². The lowest BCUT2D eigenvalue weighted by Crippen LogP contribution is -2.49. The summed E-state index contributed by atoms with van der Waals surface area (Å²) in [6.07, 6.45) is 1.59. The number of rotatable bonds is 3. The molecule has 3 aromatic rings. The molecule has 4 rings (SSSR count). The van der Waals surface area contributed by atoms with Crippen LogP contribution in [0.5, 0.6) is 0 Å². The van der Waals surface area contributed by atoms with Crippen molar-refractivity contribution in [3.05, 3.63) is 46.6 Å². The summed E-state index contributed by atoms with van der Waals surface area (Å²) in [6, 6.07) is 7.44. The molecule has 1 saturated heterocycles. The van der Waals surface area contributed by atoms with Gasteiger partial charge >= 0.3 is 0 Å². The van der Waals surface area contributed by atoms with Crippen LogP contribution in [0.15, 0.2) is 35.5 Å². The smallest absolute Gasteiger partial charge is 0.243 e. The van der Waals surface area contributed by atoms with E-state index >= 15 is 0 Å². The molecular formula is C19H22N4O2S2. The molecule has 0 atom stereocenters. The molecular weight excluding hydrogens is 380 g/mol. The van der Waals surface area contributed by atoms with Gasteiger partial charge in [-0.25, -0.2) is 18.4 Å². The highest BCUT2D eigenvalue weighted by atomic mass is 32.2. The zero-order valence-electron chi connectivity index (χ0n) is 15.6. The highest BCUT2D eigenvalue weighted by Gasteiger charge is 2.29. The number of nitrogens with zero attached hydrogens (tertiary/aromatic N) is 4. The molecule has 3 heterocycles. The van der Waals surface area contributed by atoms with Gasteiger partial charge in [0.2, 0.25) is 10.0 Å². The van der Waals surface area contributed by atoms with Gasteiger partial charge in [-0.2, -0.15) is 4.31 Å². The van der Waals surface area contributed by atoms with Gasteiger partial charge in [-0.1, -0.05) is 6.07 Å². The number of thiophene rings is 1. The van der Waals surface area contributed by atoms with Crippen molar-refractivity contribution < 1.29 is 8.42 Å². The van der Waals surface area contributed by atoms with E-state index in [1.54, 1.807) is 34.1 Å². The lowest BCUT2D eigenvalue weighted by Gasteiger charge is -2.34. The molecule has 1 fully saturated rings. The van der Waals surface area contributed by atoms with Crippen LogP contribution in [0, 0.1) is 20.8 Å². The molecule has 0 unspecified atom stereocenters. The molecule has 142 valence electrons. The van der Waals surface area contributed by atoms with Crippen molar-refractivity contribution in [2.75, 3.05) is 31.1 Å². The van der Waals surface area contributed by atoms with Crippen LogP contribution in [-0.2, 0) is 10.0 Å². The minimum Gasteiger partial charge on any atom is -0.353 e. The minimum atomic E-state index is -3.47. The Bertz CT molecular complexity index is 1100. The molecule has 1 aromatic carbocycles. The molecule has 27 heavy (non-hydrogen) atoms. The first-order valence-corrected chi connectivity index (χ1v) is 11.2. The summed E-state index contributed by atoms with van der Waals surface area (Å²) in [5.41, 5.74) is 2.09. The third-order valence-corrected chi connectivity index (χ3v) is 7.94. The van der Waals surface area contributed by atoms with Crippen LogP contribution in [0.3, 0.4) is 0 Å². The van der Waals surface area contributed by atoms with E-state index in [2.05, 4.69) is 27.9 Å². The molecule has 1 aliphatic rings. The van der Waals surface area contributed by atoms with Gasteiger partial charge < -0.3 is 4.90 Å². The lowest BCUT2D eigenvalue weighted by molar-refractivity contribution is 0.384. The van der Waals surface area contributed by atoms with E-state index in [4.69, 9.17) is 0 Å². The van der Waals surface area contributed by atoms with Crippen LogP contribution in [0.4, 0.5) is 5.82 Å². The predicted octanol–water partition coefficient (Wildman–Crippen LogP) is 3.13. The van der Waals surface area contributed by atoms with E-state index in [1.807, 2.05) is 19.9 Å². The van der Waals surface area contributed by atoms with E-state index in [9.17, 15) is 8.42 Å². The van der Waals surface area contributed by atoms with E-state index < -0.39 is 10.0 Å². The fraction of sp³-hybridized carbons (Fsp3) is 0.368. The van der Waals surface area contributed by atoms with Crippen LogP contribution < -0.4 is 4.90 Å². The molecule has 0 aliphatic carbocycles. The van der Waals surface area contributed by atoms with Crippen LogP contribution in [0.25, 0.3) is 10.2 Å². The van der Waals surface area contributed by atoms with Crippen molar-refractivity contribution in [2.24, 2.45) is 0 Å². The van der Waals surface area contributed by atoms with Gasteiger partial charge in [0.25, 0.3) is 0 Å². The predicted molar refractivity (Wildman–Crippen MR) is 109 cm³/mol. The molecule has 0 bridgehead atoms. The average Bonchev–Trinajstić information content (AvgIpc) is 3.04. The van der Waals surface area contributed by atoms with Gasteiger partial charge in [0.05, 0.1) is 10.3 Å². The van der Waals surface area contributed by atoms with E-state index in [1.165, 1.54) is 4.88 Å². The third-order valence-electron chi connectivity index (χ3n) is 5.09. The first kappa shape index (κ1) is 18.3. The SMILES string of the molecule is Cc1cc2c(N3CCN(S(=O)(=O)c4ccc(C)c(C)c4)CC3)ncnc2s1. The topological polar surface area (TPSA) is 66.4 Å². The molecule has 6 nitrogen and oxygen atoms in total. The fourth-order valence-corrected chi connectivity index (χ4v) is 5.73. The number of fused-ring (bicyclic) bond motifs is 1. The Morgan fingerprint density at radius 3 is 2.41 bits per heavy atom. The maximum Gasteiger partial charge on any atom is 0.243 e. The summed E-state index contributed by atoms with van der Waals surface area (Å²) in [5, 5.41) is 1.05. The van der Waals surface area contributed by atoms with E-state index in [-0.39, 0.29) is 0 Å². The number of sulfonamides is 1. The molecule has 0 N–H and O–H groups in total. The average molecular weight is 403 g/mol. The summed E-state index contributed by atoms with van der Waals surface area (Å²) < 4.78 is 27.6. The molecule has 1 aliphatic heterocycles. The quantitative estimate of drug-likeness (QED) is 0.673. The van der Waals surface area contributed by atoms with Gasteiger partial charge in [0.15, 0.2) is 0 Å². The van der Waals surface area contributed by atoms with Crippen molar-refractivity contribution in [2.45, 2.75) is 25.7 Å². The third kappa shape index (κ3) is 3.33. The maximum absolute atomic E-state index is 13.0. The zero-order valence-corrected chi connectivity index (χ0v) is 17.3. The van der Waals surface area contributed by atoms with Crippen molar-refractivity contribution >= 4 is 37.4 Å². The Morgan fingerprint density at radius 2 is 1.70 bits per heavy atom. The van der Waals surface area contributed by atoms with Gasteiger partial charge in [-0.05, 0) is 50.1 Å². The molecule has 0 spiro atoms. The molecule has 2 aromatic heterocycles. The zero-order chi connectivity index (χ0) is 19.2. The van der Waals surface area contributed by atoms with E-state index in [0.29, 0.717) is 31.1 Å². The Hall–Kier alpha value is -2.03.